The fourth-order valence-corrected chi connectivity index (χ4v) is 4.02. The SMILES string of the molecule is CC[C@@H](NC(=O)NC1CCCCC1)c1ccc2c(c1)CCCC2. The molecule has 2 aliphatic rings. The number of carbonyl (C=O) groups excluding carboxylic acids is 1. The van der Waals surface area contributed by atoms with Gasteiger partial charge in [0.25, 0.3) is 0 Å². The molecular weight excluding hydrogens is 284 g/mol. The molecule has 126 valence electrons. The molecule has 0 aromatic heterocycles. The zero-order valence-electron chi connectivity index (χ0n) is 14.4. The molecule has 23 heavy (non-hydrogen) atoms. The highest BCUT2D eigenvalue weighted by atomic mass is 16.2. The number of benzene rings is 1. The van der Waals surface area contributed by atoms with Gasteiger partial charge >= 0.3 is 6.03 Å². The average molecular weight is 314 g/mol. The van der Waals surface area contributed by atoms with Gasteiger partial charge < -0.3 is 10.6 Å². The van der Waals surface area contributed by atoms with Crippen molar-refractivity contribution in [1.82, 2.24) is 10.6 Å². The van der Waals surface area contributed by atoms with Crippen LogP contribution in [-0.2, 0) is 12.8 Å². The van der Waals surface area contributed by atoms with Crippen molar-refractivity contribution in [3.8, 4) is 0 Å². The van der Waals surface area contributed by atoms with E-state index >= 15 is 0 Å². The minimum atomic E-state index is 0.00136. The lowest BCUT2D eigenvalue weighted by Crippen LogP contribution is -2.44. The van der Waals surface area contributed by atoms with Crippen LogP contribution in [0.4, 0.5) is 4.79 Å². The molecule has 0 aliphatic heterocycles. The minimum Gasteiger partial charge on any atom is -0.335 e. The van der Waals surface area contributed by atoms with Gasteiger partial charge in [0.05, 0.1) is 6.04 Å². The van der Waals surface area contributed by atoms with Crippen LogP contribution in [0.2, 0.25) is 0 Å². The van der Waals surface area contributed by atoms with Crippen LogP contribution < -0.4 is 10.6 Å². The molecule has 2 aliphatic carbocycles. The van der Waals surface area contributed by atoms with Gasteiger partial charge in [0.2, 0.25) is 0 Å². The van der Waals surface area contributed by atoms with Crippen LogP contribution in [0.3, 0.4) is 0 Å². The number of urea groups is 1. The van der Waals surface area contributed by atoms with Gasteiger partial charge in [-0.15, -0.1) is 0 Å². The summed E-state index contributed by atoms with van der Waals surface area (Å²) >= 11 is 0. The van der Waals surface area contributed by atoms with Crippen molar-refractivity contribution in [3.05, 3.63) is 34.9 Å². The number of carbonyl (C=O) groups is 1. The molecule has 3 heteroatoms. The number of fused-ring (bicyclic) bond motifs is 1. The second kappa shape index (κ2) is 7.85. The molecule has 1 fully saturated rings. The van der Waals surface area contributed by atoms with Gasteiger partial charge in [-0.1, -0.05) is 44.4 Å². The van der Waals surface area contributed by atoms with Gasteiger partial charge in [-0.3, -0.25) is 0 Å². The van der Waals surface area contributed by atoms with Crippen LogP contribution in [0.1, 0.15) is 81.0 Å². The molecule has 3 nitrogen and oxygen atoms in total. The summed E-state index contributed by atoms with van der Waals surface area (Å²) in [6, 6.07) is 7.28. The summed E-state index contributed by atoms with van der Waals surface area (Å²) in [5.41, 5.74) is 4.25. The number of hydrogen-bond acceptors (Lipinski definition) is 1. The average Bonchev–Trinajstić information content (AvgIpc) is 2.60. The number of hydrogen-bond donors (Lipinski definition) is 2. The van der Waals surface area contributed by atoms with E-state index in [1.165, 1.54) is 61.6 Å². The Kier molecular flexibility index (Phi) is 5.58. The van der Waals surface area contributed by atoms with E-state index < -0.39 is 0 Å². The molecule has 0 radical (unpaired) electrons. The van der Waals surface area contributed by atoms with Crippen molar-refractivity contribution < 1.29 is 4.79 Å². The maximum Gasteiger partial charge on any atom is 0.315 e. The van der Waals surface area contributed by atoms with Crippen molar-refractivity contribution in [2.75, 3.05) is 0 Å². The van der Waals surface area contributed by atoms with E-state index in [0.717, 1.165) is 19.3 Å². The van der Waals surface area contributed by atoms with Gasteiger partial charge in [-0.2, -0.15) is 0 Å². The Morgan fingerprint density at radius 3 is 2.57 bits per heavy atom. The van der Waals surface area contributed by atoms with Crippen molar-refractivity contribution in [1.29, 1.82) is 0 Å². The molecule has 1 aromatic carbocycles. The van der Waals surface area contributed by atoms with E-state index in [0.29, 0.717) is 6.04 Å². The molecule has 1 atom stereocenters. The second-order valence-electron chi connectivity index (χ2n) is 7.15. The van der Waals surface area contributed by atoms with Gasteiger partial charge in [0.15, 0.2) is 0 Å². The maximum absolute atomic E-state index is 12.3. The van der Waals surface area contributed by atoms with Crippen LogP contribution in [-0.4, -0.2) is 12.1 Å². The zero-order chi connectivity index (χ0) is 16.1. The molecule has 0 bridgehead atoms. The Morgan fingerprint density at radius 1 is 1.09 bits per heavy atom. The van der Waals surface area contributed by atoms with Gasteiger partial charge in [0.1, 0.15) is 0 Å². The highest BCUT2D eigenvalue weighted by Gasteiger charge is 2.19. The highest BCUT2D eigenvalue weighted by molar-refractivity contribution is 5.74. The van der Waals surface area contributed by atoms with E-state index in [9.17, 15) is 4.79 Å². The van der Waals surface area contributed by atoms with Crippen LogP contribution in [0.5, 0.6) is 0 Å². The largest absolute Gasteiger partial charge is 0.335 e. The fourth-order valence-electron chi connectivity index (χ4n) is 4.02. The van der Waals surface area contributed by atoms with Gasteiger partial charge in [0, 0.05) is 6.04 Å². The minimum absolute atomic E-state index is 0.00136. The fraction of sp³-hybridized carbons (Fsp3) is 0.650. The second-order valence-corrected chi connectivity index (χ2v) is 7.15. The van der Waals surface area contributed by atoms with Crippen LogP contribution in [0.15, 0.2) is 18.2 Å². The predicted octanol–water partition coefficient (Wildman–Crippen LogP) is 4.65. The smallest absolute Gasteiger partial charge is 0.315 e. The van der Waals surface area contributed by atoms with E-state index in [4.69, 9.17) is 0 Å². The van der Waals surface area contributed by atoms with Crippen LogP contribution in [0, 0.1) is 0 Å². The summed E-state index contributed by atoms with van der Waals surface area (Å²) in [4.78, 5) is 12.3. The Bertz CT molecular complexity index is 534. The summed E-state index contributed by atoms with van der Waals surface area (Å²) in [5.74, 6) is 0. The lowest BCUT2D eigenvalue weighted by molar-refractivity contribution is 0.228. The van der Waals surface area contributed by atoms with Crippen molar-refractivity contribution in [2.24, 2.45) is 0 Å². The predicted molar refractivity (Wildman–Crippen MR) is 94.7 cm³/mol. The normalized spacial score (nSPS) is 19.7. The van der Waals surface area contributed by atoms with E-state index in [1.807, 2.05) is 0 Å². The molecule has 2 N–H and O–H groups in total. The lowest BCUT2D eigenvalue weighted by atomic mass is 9.89. The third kappa shape index (κ3) is 4.27. The van der Waals surface area contributed by atoms with Crippen LogP contribution in [0.25, 0.3) is 0 Å². The van der Waals surface area contributed by atoms with E-state index in [-0.39, 0.29) is 12.1 Å². The monoisotopic (exact) mass is 314 g/mol. The van der Waals surface area contributed by atoms with Crippen LogP contribution >= 0.6 is 0 Å². The molecule has 0 saturated heterocycles. The molecule has 0 heterocycles. The standard InChI is InChI=1S/C20H30N2O/c1-2-19(22-20(23)21-18-10-4-3-5-11-18)17-13-12-15-8-6-7-9-16(15)14-17/h12-14,18-19H,2-11H2,1H3,(H2,21,22,23)/t19-/m1/s1. The highest BCUT2D eigenvalue weighted by Crippen LogP contribution is 2.26. The molecule has 0 spiro atoms. The Morgan fingerprint density at radius 2 is 1.83 bits per heavy atom. The first-order valence-electron chi connectivity index (χ1n) is 9.45. The maximum atomic E-state index is 12.3. The van der Waals surface area contributed by atoms with Crippen molar-refractivity contribution in [2.45, 2.75) is 83.2 Å². The van der Waals surface area contributed by atoms with E-state index in [1.54, 1.807) is 0 Å². The summed E-state index contributed by atoms with van der Waals surface area (Å²) in [5, 5.41) is 6.35. The summed E-state index contributed by atoms with van der Waals surface area (Å²) in [6.45, 7) is 2.14. The molecule has 3 rings (SSSR count). The molecule has 1 saturated carbocycles. The Labute approximate surface area is 140 Å². The topological polar surface area (TPSA) is 41.1 Å². The summed E-state index contributed by atoms with van der Waals surface area (Å²) in [7, 11) is 0. The molecule has 0 unspecified atom stereocenters. The van der Waals surface area contributed by atoms with Gasteiger partial charge in [-0.25, -0.2) is 4.79 Å². The Hall–Kier alpha value is -1.51. The van der Waals surface area contributed by atoms with E-state index in [2.05, 4.69) is 35.8 Å². The third-order valence-electron chi connectivity index (χ3n) is 5.43. The zero-order valence-corrected chi connectivity index (χ0v) is 14.4. The first-order chi connectivity index (χ1) is 11.3. The van der Waals surface area contributed by atoms with Gasteiger partial charge in [-0.05, 0) is 61.6 Å². The first-order valence-corrected chi connectivity index (χ1v) is 9.45. The third-order valence-corrected chi connectivity index (χ3v) is 5.43. The van der Waals surface area contributed by atoms with Crippen molar-refractivity contribution in [3.63, 3.8) is 0 Å². The van der Waals surface area contributed by atoms with Crippen molar-refractivity contribution >= 4 is 6.03 Å². The Balaban J connectivity index is 1.61. The lowest BCUT2D eigenvalue weighted by Gasteiger charge is -2.25. The molecular formula is C20H30N2O. The summed E-state index contributed by atoms with van der Waals surface area (Å²) < 4.78 is 0. The summed E-state index contributed by atoms with van der Waals surface area (Å²) in [6.07, 6.45) is 12.0. The number of amides is 2. The first kappa shape index (κ1) is 16.4. The molecule has 2 amide bonds. The quantitative estimate of drug-likeness (QED) is 0.834. The number of rotatable bonds is 4. The number of nitrogens with one attached hydrogen (secondary N) is 2. The molecule has 1 aromatic rings. The number of aryl methyl sites for hydroxylation is 2.